The van der Waals surface area contributed by atoms with Crippen molar-refractivity contribution in [2.45, 2.75) is 24.6 Å². The van der Waals surface area contributed by atoms with Gasteiger partial charge in [-0.3, -0.25) is 4.79 Å². The zero-order valence-electron chi connectivity index (χ0n) is 16.6. The van der Waals surface area contributed by atoms with E-state index in [1.165, 1.54) is 45.7 Å². The van der Waals surface area contributed by atoms with Crippen molar-refractivity contribution in [2.75, 3.05) is 22.5 Å². The summed E-state index contributed by atoms with van der Waals surface area (Å²) in [4.78, 5) is 14.0. The number of nitrogens with zero attached hydrogens (tertiary/aromatic N) is 4. The molecule has 0 spiro atoms. The molecule has 0 fully saturated rings. The maximum atomic E-state index is 14.1. The number of carbonyl (C=O) groups excluding carboxylic acids is 1. The van der Waals surface area contributed by atoms with Crippen molar-refractivity contribution in [3.05, 3.63) is 59.4 Å². The molecule has 1 N–H and O–H groups in total. The van der Waals surface area contributed by atoms with Crippen molar-refractivity contribution in [2.24, 2.45) is 0 Å². The van der Waals surface area contributed by atoms with E-state index < -0.39 is 5.82 Å². The molecule has 30 heavy (non-hydrogen) atoms. The molecule has 0 aliphatic rings. The van der Waals surface area contributed by atoms with Crippen LogP contribution < -0.4 is 10.2 Å². The van der Waals surface area contributed by atoms with Crippen molar-refractivity contribution < 1.29 is 9.18 Å². The molecular weight excluding hydrogens is 421 g/mol. The second kappa shape index (κ2) is 10.2. The molecular formula is C21H20FN5OS2. The monoisotopic (exact) mass is 441 g/mol. The highest BCUT2D eigenvalue weighted by atomic mass is 32.2. The fourth-order valence-corrected chi connectivity index (χ4v) is 4.44. The minimum atomic E-state index is -0.496. The fourth-order valence-electron chi connectivity index (χ4n) is 2.80. The number of nitriles is 1. The van der Waals surface area contributed by atoms with Gasteiger partial charge >= 0.3 is 0 Å². The first-order valence-electron chi connectivity index (χ1n) is 9.20. The number of anilines is 3. The van der Waals surface area contributed by atoms with Gasteiger partial charge in [-0.25, -0.2) is 4.39 Å². The Morgan fingerprint density at radius 1 is 1.27 bits per heavy atom. The number of thioether (sulfide) groups is 1. The third kappa shape index (κ3) is 5.55. The largest absolute Gasteiger partial charge is 0.330 e. The zero-order valence-corrected chi connectivity index (χ0v) is 18.2. The van der Waals surface area contributed by atoms with E-state index in [1.807, 2.05) is 32.0 Å². The minimum Gasteiger partial charge on any atom is -0.330 e. The second-order valence-electron chi connectivity index (χ2n) is 6.51. The Bertz CT molecular complexity index is 1080. The van der Waals surface area contributed by atoms with Gasteiger partial charge in [0.15, 0.2) is 4.34 Å². The quantitative estimate of drug-likeness (QED) is 0.491. The van der Waals surface area contributed by atoms with E-state index in [0.717, 1.165) is 11.3 Å². The summed E-state index contributed by atoms with van der Waals surface area (Å²) in [5, 5.41) is 21.0. The van der Waals surface area contributed by atoms with Crippen LogP contribution in [0.4, 0.5) is 20.9 Å². The van der Waals surface area contributed by atoms with Crippen LogP contribution in [0.3, 0.4) is 0 Å². The molecule has 0 saturated heterocycles. The Morgan fingerprint density at radius 3 is 2.80 bits per heavy atom. The molecule has 0 atom stereocenters. The smallest absolute Gasteiger partial charge is 0.237 e. The molecule has 3 rings (SSSR count). The van der Waals surface area contributed by atoms with Gasteiger partial charge in [0.2, 0.25) is 11.0 Å². The van der Waals surface area contributed by atoms with Crippen molar-refractivity contribution in [1.82, 2.24) is 10.2 Å². The number of hydrogen-bond donors (Lipinski definition) is 1. The van der Waals surface area contributed by atoms with E-state index >= 15 is 0 Å². The van der Waals surface area contributed by atoms with E-state index in [2.05, 4.69) is 21.6 Å². The molecule has 0 saturated carbocycles. The molecule has 0 aliphatic heterocycles. The van der Waals surface area contributed by atoms with Crippen molar-refractivity contribution in [1.29, 1.82) is 5.26 Å². The summed E-state index contributed by atoms with van der Waals surface area (Å²) in [7, 11) is 0. The first kappa shape index (κ1) is 21.7. The van der Waals surface area contributed by atoms with Crippen LogP contribution in [-0.4, -0.2) is 28.4 Å². The SMILES string of the molecule is Cc1ccc(Nc2nnc(SCC(=O)N(CCC#N)c3ccccc3F)s2)c(C)c1. The van der Waals surface area contributed by atoms with E-state index in [0.29, 0.717) is 9.47 Å². The lowest BCUT2D eigenvalue weighted by Gasteiger charge is -2.21. The molecule has 0 aliphatic carbocycles. The lowest BCUT2D eigenvalue weighted by atomic mass is 10.1. The van der Waals surface area contributed by atoms with Crippen LogP contribution in [0.25, 0.3) is 0 Å². The average Bonchev–Trinajstić information content (AvgIpc) is 3.17. The highest BCUT2D eigenvalue weighted by Gasteiger charge is 2.19. The van der Waals surface area contributed by atoms with E-state index in [1.54, 1.807) is 12.1 Å². The molecule has 0 unspecified atom stereocenters. The maximum Gasteiger partial charge on any atom is 0.237 e. The maximum absolute atomic E-state index is 14.1. The van der Waals surface area contributed by atoms with Gasteiger partial charge in [-0.2, -0.15) is 5.26 Å². The Hall–Kier alpha value is -2.96. The van der Waals surface area contributed by atoms with Gasteiger partial charge in [0.1, 0.15) is 5.82 Å². The van der Waals surface area contributed by atoms with Crippen LogP contribution in [0.1, 0.15) is 17.5 Å². The number of hydrogen-bond acceptors (Lipinski definition) is 7. The fraction of sp³-hybridized carbons (Fsp3) is 0.238. The molecule has 9 heteroatoms. The predicted molar refractivity (Wildman–Crippen MR) is 119 cm³/mol. The number of aromatic nitrogens is 2. The van der Waals surface area contributed by atoms with Gasteiger partial charge < -0.3 is 10.2 Å². The van der Waals surface area contributed by atoms with Crippen LogP contribution >= 0.6 is 23.1 Å². The Labute approximate surface area is 182 Å². The predicted octanol–water partition coefficient (Wildman–Crippen LogP) is 5.08. The van der Waals surface area contributed by atoms with Gasteiger partial charge in [-0.1, -0.05) is 52.9 Å². The highest BCUT2D eigenvalue weighted by molar-refractivity contribution is 8.01. The Morgan fingerprint density at radius 2 is 2.07 bits per heavy atom. The van der Waals surface area contributed by atoms with Crippen LogP contribution in [0.2, 0.25) is 0 Å². The lowest BCUT2D eigenvalue weighted by molar-refractivity contribution is -0.116. The standard InChI is InChI=1S/C21H20FN5OS2/c1-14-8-9-17(15(2)12-14)24-20-25-26-21(30-20)29-13-19(28)27(11-5-10-23)18-7-4-3-6-16(18)22/h3-4,6-9,12H,5,11,13H2,1-2H3,(H,24,25). The van der Waals surface area contributed by atoms with Gasteiger partial charge in [-0.05, 0) is 37.6 Å². The Kier molecular flexibility index (Phi) is 7.38. The van der Waals surface area contributed by atoms with Gasteiger partial charge in [0, 0.05) is 12.2 Å². The summed E-state index contributed by atoms with van der Waals surface area (Å²) in [5.41, 5.74) is 3.41. The zero-order chi connectivity index (χ0) is 21.5. The van der Waals surface area contributed by atoms with E-state index in [-0.39, 0.29) is 30.3 Å². The summed E-state index contributed by atoms with van der Waals surface area (Å²) in [6, 6.07) is 14.1. The number of carbonyl (C=O) groups is 1. The first-order chi connectivity index (χ1) is 14.5. The number of benzene rings is 2. The lowest BCUT2D eigenvalue weighted by Crippen LogP contribution is -2.34. The number of halogens is 1. The molecule has 1 aromatic heterocycles. The average molecular weight is 442 g/mol. The molecule has 2 aromatic carbocycles. The van der Waals surface area contributed by atoms with Crippen molar-refractivity contribution >= 4 is 45.5 Å². The van der Waals surface area contributed by atoms with Gasteiger partial charge in [0.25, 0.3) is 0 Å². The molecule has 3 aromatic rings. The van der Waals surface area contributed by atoms with Crippen LogP contribution in [0.15, 0.2) is 46.8 Å². The summed E-state index contributed by atoms with van der Waals surface area (Å²) in [5.74, 6) is -0.720. The molecule has 1 amide bonds. The summed E-state index contributed by atoms with van der Waals surface area (Å²) in [6.07, 6.45) is 0.119. The summed E-state index contributed by atoms with van der Waals surface area (Å²) >= 11 is 2.58. The van der Waals surface area contributed by atoms with Gasteiger partial charge in [-0.15, -0.1) is 10.2 Å². The molecule has 0 radical (unpaired) electrons. The highest BCUT2D eigenvalue weighted by Crippen LogP contribution is 2.30. The van der Waals surface area contributed by atoms with Crippen LogP contribution in [-0.2, 0) is 4.79 Å². The molecule has 6 nitrogen and oxygen atoms in total. The number of aryl methyl sites for hydroxylation is 2. The normalized spacial score (nSPS) is 10.5. The number of amides is 1. The van der Waals surface area contributed by atoms with Crippen LogP contribution in [0.5, 0.6) is 0 Å². The molecule has 154 valence electrons. The summed E-state index contributed by atoms with van der Waals surface area (Å²) in [6.45, 7) is 4.18. The number of rotatable bonds is 8. The van der Waals surface area contributed by atoms with Crippen LogP contribution in [0, 0.1) is 31.0 Å². The van der Waals surface area contributed by atoms with E-state index in [4.69, 9.17) is 5.26 Å². The van der Waals surface area contributed by atoms with Gasteiger partial charge in [0.05, 0.1) is 23.9 Å². The van der Waals surface area contributed by atoms with Crippen molar-refractivity contribution in [3.63, 3.8) is 0 Å². The van der Waals surface area contributed by atoms with Crippen molar-refractivity contribution in [3.8, 4) is 6.07 Å². The number of nitrogens with one attached hydrogen (secondary N) is 1. The third-order valence-electron chi connectivity index (χ3n) is 4.24. The molecule has 0 bridgehead atoms. The topological polar surface area (TPSA) is 81.9 Å². The number of para-hydroxylation sites is 1. The third-order valence-corrected chi connectivity index (χ3v) is 6.20. The Balaban J connectivity index is 1.64. The summed E-state index contributed by atoms with van der Waals surface area (Å²) < 4.78 is 14.8. The second-order valence-corrected chi connectivity index (χ2v) is 8.71. The van der Waals surface area contributed by atoms with E-state index in [9.17, 15) is 9.18 Å². The molecule has 1 heterocycles. The minimum absolute atomic E-state index is 0.0674. The first-order valence-corrected chi connectivity index (χ1v) is 11.0.